The van der Waals surface area contributed by atoms with Gasteiger partial charge in [0.1, 0.15) is 11.6 Å². The predicted molar refractivity (Wildman–Crippen MR) is 72.1 cm³/mol. The van der Waals surface area contributed by atoms with E-state index in [4.69, 9.17) is 4.74 Å². The third-order valence-corrected chi connectivity index (χ3v) is 3.70. The van der Waals surface area contributed by atoms with Crippen LogP contribution in [-0.4, -0.2) is 37.9 Å². The van der Waals surface area contributed by atoms with Gasteiger partial charge in [-0.15, -0.1) is 0 Å². The normalized spacial score (nSPS) is 21.5. The standard InChI is InChI=1S/C15H20FNO2/c1-10-6-11(10)8-17(2)9-14(18)13-7-12(16)4-5-15(13)19-3/h4-5,7,10-11H,6,8-9H2,1-3H3. The van der Waals surface area contributed by atoms with E-state index in [0.29, 0.717) is 23.8 Å². The molecule has 1 aliphatic carbocycles. The summed E-state index contributed by atoms with van der Waals surface area (Å²) in [7, 11) is 3.41. The van der Waals surface area contributed by atoms with Crippen molar-refractivity contribution in [2.24, 2.45) is 11.8 Å². The first-order valence-electron chi connectivity index (χ1n) is 6.56. The van der Waals surface area contributed by atoms with Crippen molar-refractivity contribution in [2.75, 3.05) is 27.2 Å². The van der Waals surface area contributed by atoms with Crippen LogP contribution in [0.1, 0.15) is 23.7 Å². The molecular formula is C15H20FNO2. The van der Waals surface area contributed by atoms with Gasteiger partial charge in [0.05, 0.1) is 19.2 Å². The lowest BCUT2D eigenvalue weighted by atomic mass is 10.1. The Morgan fingerprint density at radius 2 is 2.21 bits per heavy atom. The lowest BCUT2D eigenvalue weighted by Gasteiger charge is -2.16. The van der Waals surface area contributed by atoms with Crippen LogP contribution in [0.2, 0.25) is 0 Å². The van der Waals surface area contributed by atoms with Gasteiger partial charge in [0.15, 0.2) is 5.78 Å². The van der Waals surface area contributed by atoms with E-state index >= 15 is 0 Å². The maximum absolute atomic E-state index is 13.2. The molecule has 0 aromatic heterocycles. The fourth-order valence-electron chi connectivity index (χ4n) is 2.35. The summed E-state index contributed by atoms with van der Waals surface area (Å²) in [4.78, 5) is 14.2. The number of hydrogen-bond donors (Lipinski definition) is 0. The van der Waals surface area contributed by atoms with Crippen LogP contribution in [0.3, 0.4) is 0 Å². The molecule has 2 atom stereocenters. The van der Waals surface area contributed by atoms with Gasteiger partial charge in [0.25, 0.3) is 0 Å². The lowest BCUT2D eigenvalue weighted by molar-refractivity contribution is 0.0940. The van der Waals surface area contributed by atoms with E-state index in [0.717, 1.165) is 12.5 Å². The Morgan fingerprint density at radius 1 is 1.53 bits per heavy atom. The molecule has 0 heterocycles. The van der Waals surface area contributed by atoms with Gasteiger partial charge in [-0.25, -0.2) is 4.39 Å². The quantitative estimate of drug-likeness (QED) is 0.740. The van der Waals surface area contributed by atoms with Crippen LogP contribution >= 0.6 is 0 Å². The minimum atomic E-state index is -0.414. The van der Waals surface area contributed by atoms with E-state index < -0.39 is 5.82 Å². The van der Waals surface area contributed by atoms with Gasteiger partial charge in [-0.3, -0.25) is 9.69 Å². The molecule has 2 rings (SSSR count). The van der Waals surface area contributed by atoms with Crippen molar-refractivity contribution < 1.29 is 13.9 Å². The van der Waals surface area contributed by atoms with E-state index in [2.05, 4.69) is 6.92 Å². The molecule has 1 aliphatic rings. The number of halogens is 1. The third-order valence-electron chi connectivity index (χ3n) is 3.70. The fourth-order valence-corrected chi connectivity index (χ4v) is 2.35. The molecule has 0 bridgehead atoms. The second kappa shape index (κ2) is 5.70. The summed E-state index contributed by atoms with van der Waals surface area (Å²) in [6.07, 6.45) is 1.24. The average molecular weight is 265 g/mol. The zero-order chi connectivity index (χ0) is 14.0. The van der Waals surface area contributed by atoms with E-state index in [1.165, 1.54) is 31.7 Å². The van der Waals surface area contributed by atoms with Crippen molar-refractivity contribution in [1.82, 2.24) is 4.90 Å². The molecule has 2 unspecified atom stereocenters. The van der Waals surface area contributed by atoms with Crippen LogP contribution in [-0.2, 0) is 0 Å². The lowest BCUT2D eigenvalue weighted by Crippen LogP contribution is -2.28. The van der Waals surface area contributed by atoms with Crippen LogP contribution in [0, 0.1) is 17.7 Å². The number of methoxy groups -OCH3 is 1. The average Bonchev–Trinajstić information content (AvgIpc) is 3.04. The molecule has 0 aliphatic heterocycles. The second-order valence-corrected chi connectivity index (χ2v) is 5.44. The van der Waals surface area contributed by atoms with Gasteiger partial charge in [0.2, 0.25) is 0 Å². The van der Waals surface area contributed by atoms with E-state index in [9.17, 15) is 9.18 Å². The Labute approximate surface area is 113 Å². The zero-order valence-corrected chi connectivity index (χ0v) is 11.6. The SMILES string of the molecule is COc1ccc(F)cc1C(=O)CN(C)CC1CC1C. The molecule has 104 valence electrons. The number of rotatable bonds is 6. The number of ether oxygens (including phenoxy) is 1. The molecule has 3 nitrogen and oxygen atoms in total. The minimum absolute atomic E-state index is 0.104. The largest absolute Gasteiger partial charge is 0.496 e. The molecule has 0 amide bonds. The minimum Gasteiger partial charge on any atom is -0.496 e. The van der Waals surface area contributed by atoms with Crippen molar-refractivity contribution >= 4 is 5.78 Å². The first-order chi connectivity index (χ1) is 9.01. The molecule has 0 spiro atoms. The molecule has 1 saturated carbocycles. The summed E-state index contributed by atoms with van der Waals surface area (Å²) < 4.78 is 18.3. The monoisotopic (exact) mass is 265 g/mol. The summed E-state index contributed by atoms with van der Waals surface area (Å²) in [6.45, 7) is 3.43. The van der Waals surface area contributed by atoms with Crippen molar-refractivity contribution in [1.29, 1.82) is 0 Å². The van der Waals surface area contributed by atoms with Crippen molar-refractivity contribution in [2.45, 2.75) is 13.3 Å². The van der Waals surface area contributed by atoms with Crippen LogP contribution in [0.5, 0.6) is 5.75 Å². The number of likely N-dealkylation sites (N-methyl/N-ethyl adjacent to an activating group) is 1. The number of ketones is 1. The number of carbonyl (C=O) groups excluding carboxylic acids is 1. The molecule has 1 aromatic carbocycles. The predicted octanol–water partition coefficient (Wildman–Crippen LogP) is 2.60. The van der Waals surface area contributed by atoms with Crippen molar-refractivity contribution in [3.05, 3.63) is 29.6 Å². The Bertz CT molecular complexity index is 475. The summed E-state index contributed by atoms with van der Waals surface area (Å²) in [5.41, 5.74) is 0.318. The summed E-state index contributed by atoms with van der Waals surface area (Å²) in [5, 5.41) is 0. The van der Waals surface area contributed by atoms with E-state index in [1.807, 2.05) is 11.9 Å². The second-order valence-electron chi connectivity index (χ2n) is 5.44. The number of carbonyl (C=O) groups is 1. The van der Waals surface area contributed by atoms with Gasteiger partial charge >= 0.3 is 0 Å². The highest BCUT2D eigenvalue weighted by molar-refractivity contribution is 6.00. The van der Waals surface area contributed by atoms with Crippen molar-refractivity contribution in [3.63, 3.8) is 0 Å². The molecular weight excluding hydrogens is 245 g/mol. The smallest absolute Gasteiger partial charge is 0.180 e. The van der Waals surface area contributed by atoms with Gasteiger partial charge in [-0.1, -0.05) is 6.92 Å². The molecule has 0 radical (unpaired) electrons. The van der Waals surface area contributed by atoms with Crippen LogP contribution in [0.15, 0.2) is 18.2 Å². The number of Topliss-reactive ketones (excluding diaryl/α,β-unsaturated/α-hetero) is 1. The third kappa shape index (κ3) is 3.53. The maximum atomic E-state index is 13.2. The molecule has 0 saturated heterocycles. The summed E-state index contributed by atoms with van der Waals surface area (Å²) in [6, 6.07) is 4.03. The zero-order valence-electron chi connectivity index (χ0n) is 11.6. The topological polar surface area (TPSA) is 29.5 Å². The highest BCUT2D eigenvalue weighted by Crippen LogP contribution is 2.37. The number of nitrogens with zero attached hydrogens (tertiary/aromatic N) is 1. The molecule has 1 aromatic rings. The highest BCUT2D eigenvalue weighted by Gasteiger charge is 2.33. The van der Waals surface area contributed by atoms with E-state index in [1.54, 1.807) is 0 Å². The Morgan fingerprint density at radius 3 is 2.79 bits per heavy atom. The molecule has 1 fully saturated rings. The Hall–Kier alpha value is -1.42. The maximum Gasteiger partial charge on any atom is 0.180 e. The highest BCUT2D eigenvalue weighted by atomic mass is 19.1. The summed E-state index contributed by atoms with van der Waals surface area (Å²) >= 11 is 0. The molecule has 0 N–H and O–H groups in total. The van der Waals surface area contributed by atoms with Gasteiger partial charge < -0.3 is 4.74 Å². The van der Waals surface area contributed by atoms with Gasteiger partial charge in [-0.2, -0.15) is 0 Å². The summed E-state index contributed by atoms with van der Waals surface area (Å²) in [5.74, 6) is 1.38. The first-order valence-corrected chi connectivity index (χ1v) is 6.56. The van der Waals surface area contributed by atoms with Crippen LogP contribution < -0.4 is 4.74 Å². The Balaban J connectivity index is 2.00. The number of benzene rings is 1. The van der Waals surface area contributed by atoms with Gasteiger partial charge in [0, 0.05) is 6.54 Å². The Kier molecular flexibility index (Phi) is 4.20. The number of hydrogen-bond acceptors (Lipinski definition) is 3. The molecule has 4 heteroatoms. The van der Waals surface area contributed by atoms with Gasteiger partial charge in [-0.05, 0) is 43.5 Å². The fraction of sp³-hybridized carbons (Fsp3) is 0.533. The van der Waals surface area contributed by atoms with E-state index in [-0.39, 0.29) is 5.78 Å². The van der Waals surface area contributed by atoms with Crippen LogP contribution in [0.25, 0.3) is 0 Å². The van der Waals surface area contributed by atoms with Crippen molar-refractivity contribution in [3.8, 4) is 5.75 Å². The van der Waals surface area contributed by atoms with Crippen LogP contribution in [0.4, 0.5) is 4.39 Å². The molecule has 19 heavy (non-hydrogen) atoms. The first kappa shape index (κ1) is 14.0.